The number of aromatic nitrogens is 4. The average molecular weight is 477 g/mol. The fourth-order valence-corrected chi connectivity index (χ4v) is 4.46. The molecule has 0 radical (unpaired) electrons. The number of rotatable bonds is 5. The standard InChI is InChI=1S/C24H21FN6O2S/c1-31-23(32)18(14-29-24(31)30-16-5-3-15(25)4-6-16)19-8-7-17(13-28-19)33-20-9-11-27-22-21(20)34-12-2-10-26-22/h3-9,11,13-14H,2,10,12H2,1H3,(H,26,27)(H,29,30). The highest BCUT2D eigenvalue weighted by molar-refractivity contribution is 7.99. The van der Waals surface area contributed by atoms with Crippen molar-refractivity contribution in [2.24, 2.45) is 7.05 Å². The van der Waals surface area contributed by atoms with E-state index in [2.05, 4.69) is 25.6 Å². The minimum Gasteiger partial charge on any atom is -0.454 e. The highest BCUT2D eigenvalue weighted by atomic mass is 32.2. The quantitative estimate of drug-likeness (QED) is 0.424. The number of nitrogens with zero attached hydrogens (tertiary/aromatic N) is 4. The van der Waals surface area contributed by atoms with Gasteiger partial charge in [0.1, 0.15) is 23.1 Å². The zero-order chi connectivity index (χ0) is 23.5. The monoisotopic (exact) mass is 476 g/mol. The van der Waals surface area contributed by atoms with Gasteiger partial charge in [0.15, 0.2) is 0 Å². The molecule has 172 valence electrons. The highest BCUT2D eigenvalue weighted by Gasteiger charge is 2.16. The largest absolute Gasteiger partial charge is 0.454 e. The van der Waals surface area contributed by atoms with Crippen molar-refractivity contribution in [2.75, 3.05) is 22.9 Å². The second-order valence-corrected chi connectivity index (χ2v) is 8.69. The third-order valence-corrected chi connectivity index (χ3v) is 6.41. The number of halogens is 1. The van der Waals surface area contributed by atoms with Crippen LogP contribution in [0, 0.1) is 5.82 Å². The van der Waals surface area contributed by atoms with E-state index < -0.39 is 0 Å². The van der Waals surface area contributed by atoms with Crippen molar-refractivity contribution in [3.63, 3.8) is 0 Å². The molecular weight excluding hydrogens is 455 g/mol. The Balaban J connectivity index is 1.36. The van der Waals surface area contributed by atoms with Gasteiger partial charge in [-0.05, 0) is 48.6 Å². The molecule has 5 rings (SSSR count). The summed E-state index contributed by atoms with van der Waals surface area (Å²) in [5.41, 5.74) is 1.20. The van der Waals surface area contributed by atoms with Gasteiger partial charge in [0, 0.05) is 37.7 Å². The third kappa shape index (κ3) is 4.58. The number of fused-ring (bicyclic) bond motifs is 1. The lowest BCUT2D eigenvalue weighted by atomic mass is 10.2. The van der Waals surface area contributed by atoms with Gasteiger partial charge >= 0.3 is 0 Å². The van der Waals surface area contributed by atoms with Crippen molar-refractivity contribution in [1.82, 2.24) is 19.5 Å². The van der Waals surface area contributed by atoms with Crippen molar-refractivity contribution in [3.05, 3.63) is 77.2 Å². The molecule has 1 aliphatic heterocycles. The number of benzene rings is 1. The first-order valence-electron chi connectivity index (χ1n) is 10.7. The van der Waals surface area contributed by atoms with E-state index in [9.17, 15) is 9.18 Å². The molecule has 34 heavy (non-hydrogen) atoms. The summed E-state index contributed by atoms with van der Waals surface area (Å²) in [6.07, 6.45) is 5.83. The molecule has 0 spiro atoms. The lowest BCUT2D eigenvalue weighted by Gasteiger charge is -2.13. The molecular formula is C24H21FN6O2S. The summed E-state index contributed by atoms with van der Waals surface area (Å²) in [7, 11) is 1.61. The summed E-state index contributed by atoms with van der Waals surface area (Å²) < 4.78 is 20.6. The first-order chi connectivity index (χ1) is 16.6. The molecule has 3 aromatic heterocycles. The van der Waals surface area contributed by atoms with Crippen LogP contribution in [0.4, 0.5) is 21.8 Å². The van der Waals surface area contributed by atoms with Gasteiger partial charge in [-0.2, -0.15) is 0 Å². The zero-order valence-corrected chi connectivity index (χ0v) is 19.1. The minimum atomic E-state index is -0.337. The molecule has 0 aliphatic carbocycles. The average Bonchev–Trinajstić information content (AvgIpc) is 3.11. The highest BCUT2D eigenvalue weighted by Crippen LogP contribution is 2.38. The van der Waals surface area contributed by atoms with Gasteiger partial charge in [0.05, 0.1) is 22.3 Å². The van der Waals surface area contributed by atoms with Gasteiger partial charge in [-0.3, -0.25) is 14.3 Å². The molecule has 0 amide bonds. The predicted octanol–water partition coefficient (Wildman–Crippen LogP) is 4.82. The molecule has 1 aliphatic rings. The Morgan fingerprint density at radius 3 is 2.74 bits per heavy atom. The van der Waals surface area contributed by atoms with Gasteiger partial charge in [0.2, 0.25) is 5.95 Å². The van der Waals surface area contributed by atoms with Crippen molar-refractivity contribution < 1.29 is 9.13 Å². The maximum atomic E-state index is 13.1. The first-order valence-corrected chi connectivity index (χ1v) is 11.7. The van der Waals surface area contributed by atoms with E-state index in [1.807, 2.05) is 6.07 Å². The van der Waals surface area contributed by atoms with Crippen molar-refractivity contribution in [1.29, 1.82) is 0 Å². The number of pyridine rings is 2. The van der Waals surface area contributed by atoms with E-state index >= 15 is 0 Å². The molecule has 0 saturated heterocycles. The smallest absolute Gasteiger partial charge is 0.264 e. The van der Waals surface area contributed by atoms with Crippen LogP contribution in [0.3, 0.4) is 0 Å². The molecule has 4 heterocycles. The number of hydrogen-bond acceptors (Lipinski definition) is 8. The molecule has 0 atom stereocenters. The maximum Gasteiger partial charge on any atom is 0.264 e. The summed E-state index contributed by atoms with van der Waals surface area (Å²) >= 11 is 1.71. The lowest BCUT2D eigenvalue weighted by Crippen LogP contribution is -2.22. The molecule has 0 unspecified atom stereocenters. The third-order valence-electron chi connectivity index (χ3n) is 5.24. The van der Waals surface area contributed by atoms with Crippen molar-refractivity contribution in [3.8, 4) is 22.8 Å². The number of anilines is 3. The summed E-state index contributed by atoms with van der Waals surface area (Å²) in [5, 5.41) is 6.34. The molecule has 0 bridgehead atoms. The Morgan fingerprint density at radius 2 is 1.94 bits per heavy atom. The minimum absolute atomic E-state index is 0.261. The number of ether oxygens (including phenoxy) is 1. The van der Waals surface area contributed by atoms with Gasteiger partial charge in [0.25, 0.3) is 5.56 Å². The van der Waals surface area contributed by atoms with Crippen LogP contribution >= 0.6 is 11.8 Å². The van der Waals surface area contributed by atoms with Crippen LogP contribution < -0.4 is 20.9 Å². The van der Waals surface area contributed by atoms with Crippen LogP contribution in [0.1, 0.15) is 6.42 Å². The molecule has 0 fully saturated rings. The molecule has 2 N–H and O–H groups in total. The molecule has 8 nitrogen and oxygen atoms in total. The Morgan fingerprint density at radius 1 is 1.09 bits per heavy atom. The zero-order valence-electron chi connectivity index (χ0n) is 18.3. The summed E-state index contributed by atoms with van der Waals surface area (Å²) in [4.78, 5) is 27.1. The van der Waals surface area contributed by atoms with E-state index in [-0.39, 0.29) is 11.4 Å². The molecule has 0 saturated carbocycles. The fraction of sp³-hybridized carbons (Fsp3) is 0.167. The van der Waals surface area contributed by atoms with Crippen LogP contribution in [0.15, 0.2) is 70.7 Å². The maximum absolute atomic E-state index is 13.1. The van der Waals surface area contributed by atoms with Crippen molar-refractivity contribution >= 4 is 29.2 Å². The number of nitrogens with one attached hydrogen (secondary N) is 2. The Hall–Kier alpha value is -3.92. The predicted molar refractivity (Wildman–Crippen MR) is 131 cm³/mol. The van der Waals surface area contributed by atoms with Crippen LogP contribution in [-0.2, 0) is 7.05 Å². The second-order valence-electron chi connectivity index (χ2n) is 7.59. The van der Waals surface area contributed by atoms with Crippen LogP contribution in [-0.4, -0.2) is 31.8 Å². The Labute approximate surface area is 199 Å². The van der Waals surface area contributed by atoms with Gasteiger partial charge in [-0.1, -0.05) is 0 Å². The number of thioether (sulfide) groups is 1. The van der Waals surface area contributed by atoms with Crippen LogP contribution in [0.25, 0.3) is 11.3 Å². The van der Waals surface area contributed by atoms with Crippen LogP contribution in [0.5, 0.6) is 11.5 Å². The van der Waals surface area contributed by atoms with Crippen LogP contribution in [0.2, 0.25) is 0 Å². The second kappa shape index (κ2) is 9.52. The number of hydrogen-bond donors (Lipinski definition) is 2. The van der Waals surface area contributed by atoms with Gasteiger partial charge in [-0.15, -0.1) is 11.8 Å². The SMILES string of the molecule is Cn1c(Nc2ccc(F)cc2)ncc(-c2ccc(Oc3ccnc4c3SCCCN4)cn2)c1=O. The van der Waals surface area contributed by atoms with E-state index in [1.165, 1.54) is 22.9 Å². The van der Waals surface area contributed by atoms with Gasteiger partial charge < -0.3 is 15.4 Å². The Kier molecular flexibility index (Phi) is 6.13. The normalized spacial score (nSPS) is 12.9. The fourth-order valence-electron chi connectivity index (χ4n) is 3.45. The van der Waals surface area contributed by atoms with E-state index in [0.717, 1.165) is 29.4 Å². The van der Waals surface area contributed by atoms with Crippen molar-refractivity contribution in [2.45, 2.75) is 11.3 Å². The van der Waals surface area contributed by atoms with Gasteiger partial charge in [-0.25, -0.2) is 14.4 Å². The molecule has 10 heteroatoms. The van der Waals surface area contributed by atoms with E-state index in [0.29, 0.717) is 34.4 Å². The topological polar surface area (TPSA) is 94.0 Å². The van der Waals surface area contributed by atoms with E-state index in [1.54, 1.807) is 55.5 Å². The summed E-state index contributed by atoms with van der Waals surface area (Å²) in [6.45, 7) is 0.883. The molecule has 4 aromatic rings. The molecule has 1 aromatic carbocycles. The summed E-state index contributed by atoms with van der Waals surface area (Å²) in [5.74, 6) is 3.09. The first kappa shape index (κ1) is 21.9. The summed E-state index contributed by atoms with van der Waals surface area (Å²) in [6, 6.07) is 11.2. The van der Waals surface area contributed by atoms with E-state index in [4.69, 9.17) is 4.74 Å². The Bertz CT molecular complexity index is 1380. The lowest BCUT2D eigenvalue weighted by molar-refractivity contribution is 0.468.